The number of hydrogen-bond donors (Lipinski definition) is 2. The van der Waals surface area contributed by atoms with Gasteiger partial charge in [-0.1, -0.05) is 42.5 Å². The molecule has 2 rings (SSSR count). The summed E-state index contributed by atoms with van der Waals surface area (Å²) in [7, 11) is -0.138. The van der Waals surface area contributed by atoms with E-state index in [9.17, 15) is 8.42 Å². The van der Waals surface area contributed by atoms with E-state index in [1.165, 1.54) is 9.87 Å². The second kappa shape index (κ2) is 11.5. The van der Waals surface area contributed by atoms with Gasteiger partial charge in [-0.05, 0) is 44.0 Å². The van der Waals surface area contributed by atoms with Crippen molar-refractivity contribution in [2.75, 3.05) is 14.1 Å². The molecule has 160 valence electrons. The highest BCUT2D eigenvalue weighted by Gasteiger charge is 2.22. The second-order valence-corrected chi connectivity index (χ2v) is 8.96. The van der Waals surface area contributed by atoms with Gasteiger partial charge in [0.25, 0.3) is 0 Å². The van der Waals surface area contributed by atoms with Crippen molar-refractivity contribution in [2.45, 2.75) is 44.3 Å². The Bertz CT molecular complexity index is 885. The molecule has 2 N–H and O–H groups in total. The Labute approximate surface area is 191 Å². The quantitative estimate of drug-likeness (QED) is 0.325. The van der Waals surface area contributed by atoms with Crippen molar-refractivity contribution in [2.24, 2.45) is 4.99 Å². The average molecular weight is 530 g/mol. The van der Waals surface area contributed by atoms with Gasteiger partial charge in [-0.15, -0.1) is 24.0 Å². The lowest BCUT2D eigenvalue weighted by atomic mass is 10.1. The smallest absolute Gasteiger partial charge is 0.243 e. The first kappa shape index (κ1) is 25.4. The fourth-order valence-corrected chi connectivity index (χ4v) is 4.00. The summed E-state index contributed by atoms with van der Waals surface area (Å²) in [5, 5.41) is 6.62. The molecule has 29 heavy (non-hydrogen) atoms. The normalized spacial score (nSPS) is 13.1. The summed E-state index contributed by atoms with van der Waals surface area (Å²) in [4.78, 5) is 4.56. The van der Waals surface area contributed by atoms with Gasteiger partial charge in [-0.25, -0.2) is 8.42 Å². The topological polar surface area (TPSA) is 73.8 Å². The Hall–Kier alpha value is -1.65. The third-order valence-electron chi connectivity index (χ3n) is 4.66. The van der Waals surface area contributed by atoms with Gasteiger partial charge in [0, 0.05) is 26.7 Å². The van der Waals surface area contributed by atoms with E-state index in [2.05, 4.69) is 34.7 Å². The zero-order valence-electron chi connectivity index (χ0n) is 17.6. The molecule has 0 fully saturated rings. The lowest BCUT2D eigenvalue weighted by Crippen LogP contribution is -2.38. The number of sulfonamides is 1. The third kappa shape index (κ3) is 6.97. The van der Waals surface area contributed by atoms with Crippen LogP contribution >= 0.6 is 24.0 Å². The van der Waals surface area contributed by atoms with E-state index in [1.807, 2.05) is 44.2 Å². The van der Waals surface area contributed by atoms with Crippen molar-refractivity contribution < 1.29 is 8.42 Å². The van der Waals surface area contributed by atoms with E-state index in [-0.39, 0.29) is 36.1 Å². The number of hydrogen-bond acceptors (Lipinski definition) is 3. The molecule has 0 heterocycles. The molecule has 2 aromatic rings. The summed E-state index contributed by atoms with van der Waals surface area (Å²) in [6.45, 7) is 6.32. The largest absolute Gasteiger partial charge is 0.352 e. The standard InChI is InChI=1S/C21H30N4O2S.HI/c1-16(2)25(5)28(26,27)20-13-11-18(12-14-20)15-23-21(22-4)24-17(3)19-9-7-6-8-10-19;/h6-14,16-17H,15H2,1-5H3,(H2,22,23,24);1H. The number of rotatable bonds is 7. The highest BCUT2D eigenvalue weighted by Crippen LogP contribution is 2.17. The van der Waals surface area contributed by atoms with E-state index in [0.29, 0.717) is 17.4 Å². The van der Waals surface area contributed by atoms with Gasteiger partial charge in [0.1, 0.15) is 0 Å². The van der Waals surface area contributed by atoms with Crippen LogP contribution in [0.1, 0.15) is 37.9 Å². The van der Waals surface area contributed by atoms with Crippen LogP contribution < -0.4 is 10.6 Å². The molecule has 0 radical (unpaired) electrons. The Morgan fingerprint density at radius 1 is 1.03 bits per heavy atom. The fourth-order valence-electron chi connectivity index (χ4n) is 2.63. The molecule has 2 aromatic carbocycles. The van der Waals surface area contributed by atoms with Crippen molar-refractivity contribution >= 4 is 40.0 Å². The van der Waals surface area contributed by atoms with Crippen LogP contribution in [0.15, 0.2) is 64.5 Å². The predicted molar refractivity (Wildman–Crippen MR) is 130 cm³/mol. The zero-order chi connectivity index (χ0) is 20.7. The molecule has 0 amide bonds. The van der Waals surface area contributed by atoms with Crippen molar-refractivity contribution in [3.8, 4) is 0 Å². The number of nitrogens with zero attached hydrogens (tertiary/aromatic N) is 2. The molecule has 6 nitrogen and oxygen atoms in total. The number of aliphatic imine (C=N–C) groups is 1. The van der Waals surface area contributed by atoms with Crippen LogP contribution in [0.5, 0.6) is 0 Å². The Morgan fingerprint density at radius 2 is 1.62 bits per heavy atom. The molecule has 1 unspecified atom stereocenters. The second-order valence-electron chi connectivity index (χ2n) is 6.96. The zero-order valence-corrected chi connectivity index (χ0v) is 20.7. The highest BCUT2D eigenvalue weighted by atomic mass is 127. The monoisotopic (exact) mass is 530 g/mol. The number of benzene rings is 2. The van der Waals surface area contributed by atoms with Crippen LogP contribution in [-0.4, -0.2) is 38.8 Å². The van der Waals surface area contributed by atoms with E-state index in [4.69, 9.17) is 0 Å². The Balaban J connectivity index is 0.00000420. The minimum atomic E-state index is -3.46. The maximum Gasteiger partial charge on any atom is 0.243 e. The molecule has 0 spiro atoms. The SMILES string of the molecule is CN=C(NCc1ccc(S(=O)(=O)N(C)C(C)C)cc1)NC(C)c1ccccc1.I. The predicted octanol–water partition coefficient (Wildman–Crippen LogP) is 3.76. The van der Waals surface area contributed by atoms with E-state index < -0.39 is 10.0 Å². The average Bonchev–Trinajstić information content (AvgIpc) is 2.71. The molecule has 0 aliphatic rings. The Morgan fingerprint density at radius 3 is 2.14 bits per heavy atom. The number of nitrogens with one attached hydrogen (secondary N) is 2. The van der Waals surface area contributed by atoms with E-state index in [0.717, 1.165) is 5.56 Å². The van der Waals surface area contributed by atoms with Gasteiger partial charge >= 0.3 is 0 Å². The summed E-state index contributed by atoms with van der Waals surface area (Å²) in [5.41, 5.74) is 2.15. The van der Waals surface area contributed by atoms with Crippen molar-refractivity contribution in [1.82, 2.24) is 14.9 Å². The summed E-state index contributed by atoms with van der Waals surface area (Å²) in [6, 6.07) is 17.1. The summed E-state index contributed by atoms with van der Waals surface area (Å²) in [6.07, 6.45) is 0. The fraction of sp³-hybridized carbons (Fsp3) is 0.381. The van der Waals surface area contributed by atoms with Gasteiger partial charge in [-0.2, -0.15) is 4.31 Å². The van der Waals surface area contributed by atoms with E-state index in [1.54, 1.807) is 26.2 Å². The molecule has 0 aromatic heterocycles. The van der Waals surface area contributed by atoms with Gasteiger partial charge in [0.15, 0.2) is 5.96 Å². The van der Waals surface area contributed by atoms with Gasteiger partial charge in [-0.3, -0.25) is 4.99 Å². The molecule has 0 bridgehead atoms. The van der Waals surface area contributed by atoms with E-state index >= 15 is 0 Å². The summed E-state index contributed by atoms with van der Waals surface area (Å²) < 4.78 is 26.4. The molecular weight excluding hydrogens is 499 g/mol. The molecule has 0 aliphatic heterocycles. The molecule has 8 heteroatoms. The molecule has 0 aliphatic carbocycles. The lowest BCUT2D eigenvalue weighted by molar-refractivity contribution is 0.410. The van der Waals surface area contributed by atoms with Crippen LogP contribution in [0, 0.1) is 0 Å². The first-order valence-corrected chi connectivity index (χ1v) is 10.8. The number of halogens is 1. The van der Waals surface area contributed by atoms with Crippen LogP contribution in [0.4, 0.5) is 0 Å². The van der Waals surface area contributed by atoms with Crippen LogP contribution in [-0.2, 0) is 16.6 Å². The molecule has 1 atom stereocenters. The maximum atomic E-state index is 12.5. The lowest BCUT2D eigenvalue weighted by Gasteiger charge is -2.21. The van der Waals surface area contributed by atoms with Crippen LogP contribution in [0.25, 0.3) is 0 Å². The third-order valence-corrected chi connectivity index (χ3v) is 6.71. The van der Waals surface area contributed by atoms with Crippen molar-refractivity contribution in [3.05, 3.63) is 65.7 Å². The minimum Gasteiger partial charge on any atom is -0.352 e. The molecule has 0 saturated heterocycles. The van der Waals surface area contributed by atoms with Crippen LogP contribution in [0.2, 0.25) is 0 Å². The molecule has 0 saturated carbocycles. The van der Waals surface area contributed by atoms with Crippen molar-refractivity contribution in [3.63, 3.8) is 0 Å². The van der Waals surface area contributed by atoms with Crippen LogP contribution in [0.3, 0.4) is 0 Å². The van der Waals surface area contributed by atoms with Gasteiger partial charge < -0.3 is 10.6 Å². The maximum absolute atomic E-state index is 12.5. The minimum absolute atomic E-state index is 0. The summed E-state index contributed by atoms with van der Waals surface area (Å²) >= 11 is 0. The summed E-state index contributed by atoms with van der Waals surface area (Å²) in [5.74, 6) is 0.688. The van der Waals surface area contributed by atoms with Gasteiger partial charge in [0.05, 0.1) is 10.9 Å². The highest BCUT2D eigenvalue weighted by molar-refractivity contribution is 14.0. The molecular formula is C21H31IN4O2S. The Kier molecular flexibility index (Phi) is 10.1. The first-order valence-electron chi connectivity index (χ1n) is 9.34. The van der Waals surface area contributed by atoms with Gasteiger partial charge in [0.2, 0.25) is 10.0 Å². The van der Waals surface area contributed by atoms with Crippen molar-refractivity contribution in [1.29, 1.82) is 0 Å². The first-order chi connectivity index (χ1) is 13.3. The number of guanidine groups is 1.